The number of piperidine rings is 1. The van der Waals surface area contributed by atoms with Gasteiger partial charge < -0.3 is 19.9 Å². The largest absolute Gasteiger partial charge is 0.381 e. The number of benzene rings is 1. The van der Waals surface area contributed by atoms with Crippen LogP contribution in [0.1, 0.15) is 83.7 Å². The predicted octanol–water partition coefficient (Wildman–Crippen LogP) is 4.58. The van der Waals surface area contributed by atoms with Gasteiger partial charge in [0, 0.05) is 57.4 Å². The van der Waals surface area contributed by atoms with Crippen LogP contribution in [0.5, 0.6) is 0 Å². The number of nitrogens with one attached hydrogen (secondary N) is 1. The summed E-state index contributed by atoms with van der Waals surface area (Å²) >= 11 is 0. The van der Waals surface area contributed by atoms with E-state index < -0.39 is 0 Å². The Balaban J connectivity index is 1.27. The molecule has 5 rings (SSSR count). The average molecular weight is 511 g/mol. The van der Waals surface area contributed by atoms with Crippen molar-refractivity contribution in [2.24, 2.45) is 5.92 Å². The van der Waals surface area contributed by atoms with Crippen molar-refractivity contribution in [1.82, 2.24) is 20.0 Å². The second-order valence-corrected chi connectivity index (χ2v) is 12.1. The monoisotopic (exact) mass is 510 g/mol. The zero-order chi connectivity index (χ0) is 26.0. The summed E-state index contributed by atoms with van der Waals surface area (Å²) in [7, 11) is 0. The Morgan fingerprint density at radius 2 is 1.76 bits per heavy atom. The fraction of sp³-hybridized carbons (Fsp3) is 0.733. The maximum absolute atomic E-state index is 13.7. The van der Waals surface area contributed by atoms with E-state index in [2.05, 4.69) is 58.1 Å². The Bertz CT molecular complexity index is 918. The highest BCUT2D eigenvalue weighted by Crippen LogP contribution is 2.48. The lowest BCUT2D eigenvalue weighted by atomic mass is 9.81. The number of nitrogens with zero attached hydrogens (tertiary/aromatic N) is 3. The number of carbonyl (C=O) groups is 2. The molecule has 3 atom stereocenters. The molecule has 4 fully saturated rings. The SMILES string of the molecule is CCC(=O)N[C@@H](CCN1C2CCC1CC1(C2)CN(CC2CCOCC2)C(=O)N1C(C)C)c1ccccc1. The summed E-state index contributed by atoms with van der Waals surface area (Å²) in [5.74, 6) is 0.669. The van der Waals surface area contributed by atoms with Crippen molar-refractivity contribution >= 4 is 11.9 Å². The van der Waals surface area contributed by atoms with Crippen LogP contribution in [-0.4, -0.2) is 83.2 Å². The van der Waals surface area contributed by atoms with Gasteiger partial charge in [-0.15, -0.1) is 0 Å². The molecule has 204 valence electrons. The molecule has 4 aliphatic heterocycles. The second-order valence-electron chi connectivity index (χ2n) is 12.1. The van der Waals surface area contributed by atoms with E-state index in [4.69, 9.17) is 4.74 Å². The van der Waals surface area contributed by atoms with Crippen LogP contribution in [-0.2, 0) is 9.53 Å². The van der Waals surface area contributed by atoms with Crippen LogP contribution in [0.25, 0.3) is 0 Å². The second kappa shape index (κ2) is 11.3. The predicted molar refractivity (Wildman–Crippen MR) is 145 cm³/mol. The minimum absolute atomic E-state index is 0.0409. The quantitative estimate of drug-likeness (QED) is 0.528. The number of fused-ring (bicyclic) bond motifs is 2. The first-order valence-electron chi connectivity index (χ1n) is 14.7. The molecule has 4 aliphatic rings. The van der Waals surface area contributed by atoms with Crippen LogP contribution in [0.15, 0.2) is 30.3 Å². The van der Waals surface area contributed by atoms with Crippen LogP contribution in [0, 0.1) is 5.92 Å². The number of hydrogen-bond acceptors (Lipinski definition) is 4. The first kappa shape index (κ1) is 26.5. The summed E-state index contributed by atoms with van der Waals surface area (Å²) in [5, 5.41) is 3.26. The van der Waals surface area contributed by atoms with Crippen LogP contribution in [0.2, 0.25) is 0 Å². The van der Waals surface area contributed by atoms with Crippen LogP contribution in [0.4, 0.5) is 4.79 Å². The van der Waals surface area contributed by atoms with E-state index in [1.807, 2.05) is 13.0 Å². The highest BCUT2D eigenvalue weighted by atomic mass is 16.5. The van der Waals surface area contributed by atoms with Crippen molar-refractivity contribution in [2.75, 3.05) is 32.8 Å². The van der Waals surface area contributed by atoms with Crippen molar-refractivity contribution in [1.29, 1.82) is 0 Å². The van der Waals surface area contributed by atoms with Gasteiger partial charge in [-0.2, -0.15) is 0 Å². The third-order valence-electron chi connectivity index (χ3n) is 9.35. The van der Waals surface area contributed by atoms with E-state index >= 15 is 0 Å². The summed E-state index contributed by atoms with van der Waals surface area (Å²) in [5.41, 5.74) is 1.13. The molecular formula is C30H46N4O3. The van der Waals surface area contributed by atoms with E-state index in [9.17, 15) is 9.59 Å². The Morgan fingerprint density at radius 3 is 2.38 bits per heavy atom. The Hall–Kier alpha value is -2.12. The van der Waals surface area contributed by atoms with Gasteiger partial charge in [-0.3, -0.25) is 9.69 Å². The number of carbonyl (C=O) groups excluding carboxylic acids is 2. The van der Waals surface area contributed by atoms with E-state index in [0.29, 0.717) is 24.4 Å². The first-order valence-corrected chi connectivity index (χ1v) is 14.7. The third kappa shape index (κ3) is 5.53. The average Bonchev–Trinajstić information content (AvgIpc) is 3.31. The molecule has 0 saturated carbocycles. The van der Waals surface area contributed by atoms with Gasteiger partial charge in [-0.1, -0.05) is 37.3 Å². The molecule has 0 aromatic heterocycles. The normalized spacial score (nSPS) is 29.5. The summed E-state index contributed by atoms with van der Waals surface area (Å²) in [6.45, 7) is 10.7. The summed E-state index contributed by atoms with van der Waals surface area (Å²) in [6.07, 6.45) is 8.10. The maximum atomic E-state index is 13.7. The molecule has 7 nitrogen and oxygen atoms in total. The van der Waals surface area contributed by atoms with Crippen molar-refractivity contribution < 1.29 is 14.3 Å². The Labute approximate surface area is 222 Å². The van der Waals surface area contributed by atoms with Crippen LogP contribution < -0.4 is 5.32 Å². The lowest BCUT2D eigenvalue weighted by Crippen LogP contribution is -2.60. The van der Waals surface area contributed by atoms with Crippen LogP contribution in [0.3, 0.4) is 0 Å². The van der Waals surface area contributed by atoms with E-state index in [-0.39, 0.29) is 29.6 Å². The van der Waals surface area contributed by atoms with Crippen molar-refractivity contribution in [3.05, 3.63) is 35.9 Å². The molecule has 1 aromatic rings. The third-order valence-corrected chi connectivity index (χ3v) is 9.35. The van der Waals surface area contributed by atoms with Gasteiger partial charge >= 0.3 is 6.03 Å². The molecule has 3 amide bonds. The number of amides is 3. The van der Waals surface area contributed by atoms with Gasteiger partial charge in [0.1, 0.15) is 0 Å². The van der Waals surface area contributed by atoms with Gasteiger partial charge in [0.2, 0.25) is 5.91 Å². The molecule has 1 spiro atoms. The van der Waals surface area contributed by atoms with Gasteiger partial charge in [0.25, 0.3) is 0 Å². The highest BCUT2D eigenvalue weighted by Gasteiger charge is 2.57. The van der Waals surface area contributed by atoms with Crippen molar-refractivity contribution in [2.45, 2.75) is 102 Å². The fourth-order valence-corrected chi connectivity index (χ4v) is 7.69. The Kier molecular flexibility index (Phi) is 8.10. The molecule has 1 N–H and O–H groups in total. The molecule has 0 aliphatic carbocycles. The van der Waals surface area contributed by atoms with Crippen molar-refractivity contribution in [3.63, 3.8) is 0 Å². The highest BCUT2D eigenvalue weighted by molar-refractivity contribution is 5.79. The lowest BCUT2D eigenvalue weighted by Gasteiger charge is -2.49. The molecule has 37 heavy (non-hydrogen) atoms. The molecule has 4 heterocycles. The zero-order valence-corrected chi connectivity index (χ0v) is 23.0. The molecule has 4 saturated heterocycles. The fourth-order valence-electron chi connectivity index (χ4n) is 7.69. The number of hydrogen-bond donors (Lipinski definition) is 1. The summed E-state index contributed by atoms with van der Waals surface area (Å²) in [6, 6.07) is 11.9. The number of rotatable bonds is 9. The van der Waals surface area contributed by atoms with Crippen molar-refractivity contribution in [3.8, 4) is 0 Å². The topological polar surface area (TPSA) is 65.1 Å². The standard InChI is InChI=1S/C30H46N4O3/c1-4-28(35)31-27(24-8-6-5-7-9-24)12-15-33-25-10-11-26(33)19-30(18-25)21-32(29(36)34(30)22(2)3)20-23-13-16-37-17-14-23/h5-9,22-23,25-27H,4,10-21H2,1-3H3,(H,31,35)/t25?,26?,27-,30?/m0/s1. The maximum Gasteiger partial charge on any atom is 0.320 e. The molecule has 1 aromatic carbocycles. The summed E-state index contributed by atoms with van der Waals surface area (Å²) < 4.78 is 5.56. The number of urea groups is 1. The first-order chi connectivity index (χ1) is 17.9. The van der Waals surface area contributed by atoms with Crippen LogP contribution >= 0.6 is 0 Å². The Morgan fingerprint density at radius 1 is 1.08 bits per heavy atom. The molecule has 2 unspecified atom stereocenters. The van der Waals surface area contributed by atoms with Gasteiger partial charge in [-0.05, 0) is 70.3 Å². The van der Waals surface area contributed by atoms with Gasteiger partial charge in [-0.25, -0.2) is 4.79 Å². The number of ether oxygens (including phenoxy) is 1. The minimum atomic E-state index is -0.0476. The zero-order valence-electron chi connectivity index (χ0n) is 23.0. The van der Waals surface area contributed by atoms with E-state index in [1.165, 1.54) is 18.4 Å². The minimum Gasteiger partial charge on any atom is -0.381 e. The summed E-state index contributed by atoms with van der Waals surface area (Å²) in [4.78, 5) is 33.1. The smallest absolute Gasteiger partial charge is 0.320 e. The lowest BCUT2D eigenvalue weighted by molar-refractivity contribution is -0.121. The molecule has 7 heteroatoms. The van der Waals surface area contributed by atoms with Gasteiger partial charge in [0.15, 0.2) is 0 Å². The molecule has 2 bridgehead atoms. The van der Waals surface area contributed by atoms with E-state index in [1.54, 1.807) is 0 Å². The molecule has 0 radical (unpaired) electrons. The van der Waals surface area contributed by atoms with Gasteiger partial charge in [0.05, 0.1) is 11.6 Å². The molecular weight excluding hydrogens is 464 g/mol. The van der Waals surface area contributed by atoms with E-state index in [0.717, 1.165) is 65.0 Å².